The molecule has 1 saturated heterocycles. The lowest BCUT2D eigenvalue weighted by atomic mass is 9.97. The fourth-order valence-electron chi connectivity index (χ4n) is 2.30. The normalized spacial score (nSPS) is 24.2. The Hall–Kier alpha value is -1.06. The molecule has 9 heteroatoms. The van der Waals surface area contributed by atoms with Crippen molar-refractivity contribution < 1.29 is 8.42 Å². The van der Waals surface area contributed by atoms with Gasteiger partial charge in [0.25, 0.3) is 0 Å². The van der Waals surface area contributed by atoms with Crippen LogP contribution >= 0.6 is 0 Å². The first kappa shape index (κ1) is 13.4. The number of nitrogens with two attached hydrogens (primary N) is 1. The molecule has 0 radical (unpaired) electrons. The minimum Gasteiger partial charge on any atom is -0.271 e. The molecule has 3 N–H and O–H groups in total. The van der Waals surface area contributed by atoms with E-state index in [0.29, 0.717) is 30.8 Å². The molecule has 1 aliphatic heterocycles. The summed E-state index contributed by atoms with van der Waals surface area (Å²) in [6.07, 6.45) is 1.99. The minimum absolute atomic E-state index is 0.0208. The van der Waals surface area contributed by atoms with Crippen LogP contribution in [0.5, 0.6) is 0 Å². The van der Waals surface area contributed by atoms with Gasteiger partial charge in [-0.15, -0.1) is 10.2 Å². The molecule has 18 heavy (non-hydrogen) atoms. The first-order valence-electron chi connectivity index (χ1n) is 5.88. The number of aryl methyl sites for hydroxylation is 1. The second-order valence-electron chi connectivity index (χ2n) is 4.77. The van der Waals surface area contributed by atoms with Crippen molar-refractivity contribution in [3.8, 4) is 0 Å². The van der Waals surface area contributed by atoms with E-state index in [1.165, 1.54) is 4.80 Å². The quantitative estimate of drug-likeness (QED) is 0.491. The van der Waals surface area contributed by atoms with Crippen LogP contribution in [-0.4, -0.2) is 46.2 Å². The van der Waals surface area contributed by atoms with Crippen LogP contribution in [-0.2, 0) is 23.3 Å². The highest BCUT2D eigenvalue weighted by molar-refractivity contribution is 7.91. The SMILES string of the molecule is Cn1nnc(CC(CC2CCS(=O)(=O)C2)NN)n1. The Bertz CT molecular complexity index is 499. The summed E-state index contributed by atoms with van der Waals surface area (Å²) < 4.78 is 22.8. The smallest absolute Gasteiger partial charge is 0.176 e. The Kier molecular flexibility index (Phi) is 3.93. The van der Waals surface area contributed by atoms with E-state index in [2.05, 4.69) is 20.8 Å². The fraction of sp³-hybridized carbons (Fsp3) is 0.889. The molecule has 1 aliphatic rings. The van der Waals surface area contributed by atoms with Crippen LogP contribution in [0.25, 0.3) is 0 Å². The highest BCUT2D eigenvalue weighted by Crippen LogP contribution is 2.23. The van der Waals surface area contributed by atoms with Gasteiger partial charge < -0.3 is 0 Å². The molecule has 1 aromatic heterocycles. The summed E-state index contributed by atoms with van der Waals surface area (Å²) in [6, 6.07) is -0.0208. The van der Waals surface area contributed by atoms with Crippen LogP contribution in [0.4, 0.5) is 0 Å². The lowest BCUT2D eigenvalue weighted by molar-refractivity contribution is 0.403. The van der Waals surface area contributed by atoms with Gasteiger partial charge in [-0.2, -0.15) is 4.80 Å². The minimum atomic E-state index is -2.83. The van der Waals surface area contributed by atoms with E-state index in [9.17, 15) is 8.42 Å². The van der Waals surface area contributed by atoms with Crippen molar-refractivity contribution in [1.29, 1.82) is 0 Å². The van der Waals surface area contributed by atoms with E-state index < -0.39 is 9.84 Å². The lowest BCUT2D eigenvalue weighted by Crippen LogP contribution is -2.38. The molecular weight excluding hydrogens is 256 g/mol. The second kappa shape index (κ2) is 5.29. The standard InChI is InChI=1S/C9H18N6O2S/c1-15-13-9(12-14-15)5-8(11-10)4-7-2-3-18(16,17)6-7/h7-8,11H,2-6,10H2,1H3. The molecule has 0 saturated carbocycles. The van der Waals surface area contributed by atoms with Crippen molar-refractivity contribution in [3.05, 3.63) is 5.82 Å². The molecule has 2 unspecified atom stereocenters. The third-order valence-corrected chi connectivity index (χ3v) is 5.00. The third kappa shape index (κ3) is 3.47. The molecule has 0 bridgehead atoms. The lowest BCUT2D eigenvalue weighted by Gasteiger charge is -2.17. The van der Waals surface area contributed by atoms with Crippen LogP contribution in [0.15, 0.2) is 0 Å². The van der Waals surface area contributed by atoms with Gasteiger partial charge in [0, 0.05) is 12.5 Å². The number of sulfone groups is 1. The van der Waals surface area contributed by atoms with Crippen molar-refractivity contribution in [1.82, 2.24) is 25.6 Å². The zero-order chi connectivity index (χ0) is 13.2. The van der Waals surface area contributed by atoms with Gasteiger partial charge in [-0.25, -0.2) is 8.42 Å². The molecule has 102 valence electrons. The zero-order valence-electron chi connectivity index (χ0n) is 10.3. The van der Waals surface area contributed by atoms with Crippen molar-refractivity contribution in [2.45, 2.75) is 25.3 Å². The maximum atomic E-state index is 11.4. The number of hydrazine groups is 1. The van der Waals surface area contributed by atoms with E-state index >= 15 is 0 Å². The Morgan fingerprint density at radius 3 is 2.89 bits per heavy atom. The fourth-order valence-corrected chi connectivity index (χ4v) is 4.18. The Morgan fingerprint density at radius 2 is 2.39 bits per heavy atom. The van der Waals surface area contributed by atoms with Gasteiger partial charge in [0.1, 0.15) is 0 Å². The molecule has 0 aliphatic carbocycles. The second-order valence-corrected chi connectivity index (χ2v) is 7.00. The van der Waals surface area contributed by atoms with Gasteiger partial charge in [-0.3, -0.25) is 11.3 Å². The Balaban J connectivity index is 1.90. The van der Waals surface area contributed by atoms with Crippen LogP contribution < -0.4 is 11.3 Å². The summed E-state index contributed by atoms with van der Waals surface area (Å²) in [6.45, 7) is 0. The van der Waals surface area contributed by atoms with E-state index in [4.69, 9.17) is 5.84 Å². The van der Waals surface area contributed by atoms with Gasteiger partial charge in [0.15, 0.2) is 15.7 Å². The van der Waals surface area contributed by atoms with E-state index in [0.717, 1.165) is 0 Å². The van der Waals surface area contributed by atoms with Gasteiger partial charge in [-0.1, -0.05) is 0 Å². The van der Waals surface area contributed by atoms with Crippen molar-refractivity contribution in [2.75, 3.05) is 11.5 Å². The molecule has 8 nitrogen and oxygen atoms in total. The van der Waals surface area contributed by atoms with E-state index in [1.807, 2.05) is 0 Å². The van der Waals surface area contributed by atoms with Crippen LogP contribution in [0.1, 0.15) is 18.7 Å². The molecule has 0 amide bonds. The summed E-state index contributed by atoms with van der Waals surface area (Å²) in [5, 5.41) is 11.7. The highest BCUT2D eigenvalue weighted by Gasteiger charge is 2.29. The molecule has 2 atom stereocenters. The zero-order valence-corrected chi connectivity index (χ0v) is 11.1. The molecular formula is C9H18N6O2S. The van der Waals surface area contributed by atoms with Crippen molar-refractivity contribution in [3.63, 3.8) is 0 Å². The largest absolute Gasteiger partial charge is 0.271 e. The number of hydrogen-bond acceptors (Lipinski definition) is 7. The number of rotatable bonds is 5. The average molecular weight is 274 g/mol. The van der Waals surface area contributed by atoms with E-state index in [-0.39, 0.29) is 17.7 Å². The van der Waals surface area contributed by atoms with Crippen molar-refractivity contribution in [2.24, 2.45) is 18.8 Å². The Morgan fingerprint density at radius 1 is 1.61 bits per heavy atom. The van der Waals surface area contributed by atoms with Gasteiger partial charge >= 0.3 is 0 Å². The van der Waals surface area contributed by atoms with E-state index in [1.54, 1.807) is 7.05 Å². The van der Waals surface area contributed by atoms with Gasteiger partial charge in [0.2, 0.25) is 0 Å². The van der Waals surface area contributed by atoms with Gasteiger partial charge in [-0.05, 0) is 24.0 Å². The summed E-state index contributed by atoms with van der Waals surface area (Å²) in [5.74, 6) is 6.83. The van der Waals surface area contributed by atoms with Gasteiger partial charge in [0.05, 0.1) is 18.6 Å². The molecule has 0 aromatic carbocycles. The maximum Gasteiger partial charge on any atom is 0.176 e. The number of tetrazole rings is 1. The van der Waals surface area contributed by atoms with Crippen LogP contribution in [0.2, 0.25) is 0 Å². The Labute approximate surface area is 106 Å². The molecule has 1 fully saturated rings. The number of nitrogens with one attached hydrogen (secondary N) is 1. The molecule has 0 spiro atoms. The molecule has 1 aromatic rings. The predicted molar refractivity (Wildman–Crippen MR) is 65.0 cm³/mol. The summed E-state index contributed by atoms with van der Waals surface area (Å²) >= 11 is 0. The van der Waals surface area contributed by atoms with Crippen LogP contribution in [0.3, 0.4) is 0 Å². The average Bonchev–Trinajstić information content (AvgIpc) is 2.84. The maximum absolute atomic E-state index is 11.4. The topological polar surface area (TPSA) is 116 Å². The van der Waals surface area contributed by atoms with Crippen molar-refractivity contribution >= 4 is 9.84 Å². The molecule has 2 heterocycles. The first-order chi connectivity index (χ1) is 8.48. The summed E-state index contributed by atoms with van der Waals surface area (Å²) in [5.41, 5.74) is 2.70. The number of hydrogen-bond donors (Lipinski definition) is 2. The molecule has 2 rings (SSSR count). The number of nitrogens with zero attached hydrogens (tertiary/aromatic N) is 4. The third-order valence-electron chi connectivity index (χ3n) is 3.16. The predicted octanol–water partition coefficient (Wildman–Crippen LogP) is -1.59. The highest BCUT2D eigenvalue weighted by atomic mass is 32.2. The monoisotopic (exact) mass is 274 g/mol. The summed E-state index contributed by atoms with van der Waals surface area (Å²) in [7, 11) is -1.14. The van der Waals surface area contributed by atoms with Crippen LogP contribution in [0, 0.1) is 5.92 Å². The number of aromatic nitrogens is 4. The first-order valence-corrected chi connectivity index (χ1v) is 7.70. The summed E-state index contributed by atoms with van der Waals surface area (Å²) in [4.78, 5) is 1.39.